The monoisotopic (exact) mass is 516 g/mol. The third-order valence-corrected chi connectivity index (χ3v) is 4.52. The average Bonchev–Trinajstić information content (AvgIpc) is 3.23. The molecule has 1 heterocycles. The second kappa shape index (κ2) is 10.5. The van der Waals surface area contributed by atoms with Crippen molar-refractivity contribution in [1.82, 2.24) is 10.6 Å². The number of hydrogen-bond acceptors (Lipinski definition) is 2. The summed E-state index contributed by atoms with van der Waals surface area (Å²) in [5.41, 5.74) is 2.41. The predicted octanol–water partition coefficient (Wildman–Crippen LogP) is 4.56. The molecule has 1 aliphatic heterocycles. The Morgan fingerprint density at radius 3 is 2.17 bits per heavy atom. The van der Waals surface area contributed by atoms with Crippen LogP contribution in [0.15, 0.2) is 65.7 Å². The smallest absolute Gasteiger partial charge is 0.364 e. The van der Waals surface area contributed by atoms with Gasteiger partial charge in [0.15, 0.2) is 5.96 Å². The fourth-order valence-electron chi connectivity index (χ4n) is 2.96. The lowest BCUT2D eigenvalue weighted by molar-refractivity contribution is -0.137. The van der Waals surface area contributed by atoms with Crippen LogP contribution < -0.4 is 15.5 Å². The van der Waals surface area contributed by atoms with Crippen LogP contribution in [0, 0.1) is 0 Å². The van der Waals surface area contributed by atoms with Crippen molar-refractivity contribution in [3.05, 3.63) is 77.4 Å². The molecule has 3 rings (SSSR count). The SMILES string of the molecule is CN=C(NCc1ccc(C(F)(F)F)cc1)NCc1cccc(N2CC=CC2)c1.I. The van der Waals surface area contributed by atoms with Gasteiger partial charge in [-0.1, -0.05) is 36.4 Å². The van der Waals surface area contributed by atoms with Gasteiger partial charge in [0.25, 0.3) is 0 Å². The first-order valence-electron chi connectivity index (χ1n) is 9.05. The lowest BCUT2D eigenvalue weighted by atomic mass is 10.1. The van der Waals surface area contributed by atoms with Crippen molar-refractivity contribution >= 4 is 35.6 Å². The van der Waals surface area contributed by atoms with Crippen molar-refractivity contribution in [2.75, 3.05) is 25.0 Å². The van der Waals surface area contributed by atoms with Gasteiger partial charge in [0, 0.05) is 38.9 Å². The summed E-state index contributed by atoms with van der Waals surface area (Å²) in [6, 6.07) is 13.4. The van der Waals surface area contributed by atoms with Gasteiger partial charge in [-0.05, 0) is 35.4 Å². The van der Waals surface area contributed by atoms with Crippen LogP contribution in [0.5, 0.6) is 0 Å². The Labute approximate surface area is 185 Å². The molecule has 2 aromatic rings. The normalized spacial score (nSPS) is 13.9. The molecule has 0 atom stereocenters. The van der Waals surface area contributed by atoms with Gasteiger partial charge < -0.3 is 15.5 Å². The molecule has 0 saturated carbocycles. The lowest BCUT2D eigenvalue weighted by Crippen LogP contribution is -2.36. The molecule has 29 heavy (non-hydrogen) atoms. The number of anilines is 1. The molecule has 0 fully saturated rings. The maximum absolute atomic E-state index is 12.6. The first-order chi connectivity index (χ1) is 13.5. The van der Waals surface area contributed by atoms with Crippen LogP contribution in [-0.2, 0) is 19.3 Å². The Kier molecular flexibility index (Phi) is 8.36. The molecule has 0 spiro atoms. The van der Waals surface area contributed by atoms with Crippen LogP contribution in [0.2, 0.25) is 0 Å². The number of halogens is 4. The molecule has 8 heteroatoms. The number of guanidine groups is 1. The summed E-state index contributed by atoms with van der Waals surface area (Å²) >= 11 is 0. The standard InChI is InChI=1S/C21H23F3N4.HI/c1-25-20(26-14-16-7-9-18(10-8-16)21(22,23)24)27-15-17-5-4-6-19(13-17)28-11-2-3-12-28;/h2-10,13H,11-12,14-15H2,1H3,(H2,25,26,27);1H. The number of benzene rings is 2. The first-order valence-corrected chi connectivity index (χ1v) is 9.05. The van der Waals surface area contributed by atoms with E-state index in [1.54, 1.807) is 7.05 Å². The van der Waals surface area contributed by atoms with Gasteiger partial charge in [0.1, 0.15) is 0 Å². The fraction of sp³-hybridized carbons (Fsp3) is 0.286. The molecule has 0 bridgehead atoms. The van der Waals surface area contributed by atoms with Crippen molar-refractivity contribution in [1.29, 1.82) is 0 Å². The number of hydrogen-bond donors (Lipinski definition) is 2. The van der Waals surface area contributed by atoms with Crippen LogP contribution in [0.25, 0.3) is 0 Å². The zero-order chi connectivity index (χ0) is 20.0. The highest BCUT2D eigenvalue weighted by molar-refractivity contribution is 14.0. The summed E-state index contributed by atoms with van der Waals surface area (Å²) < 4.78 is 37.9. The largest absolute Gasteiger partial charge is 0.416 e. The van der Waals surface area contributed by atoms with E-state index in [9.17, 15) is 13.2 Å². The van der Waals surface area contributed by atoms with Gasteiger partial charge in [0.05, 0.1) is 5.56 Å². The minimum absolute atomic E-state index is 0. The summed E-state index contributed by atoms with van der Waals surface area (Å²) in [7, 11) is 1.66. The van der Waals surface area contributed by atoms with E-state index in [1.165, 1.54) is 17.8 Å². The number of rotatable bonds is 5. The van der Waals surface area contributed by atoms with Gasteiger partial charge in [-0.15, -0.1) is 24.0 Å². The van der Waals surface area contributed by atoms with Crippen molar-refractivity contribution in [3.63, 3.8) is 0 Å². The summed E-state index contributed by atoms with van der Waals surface area (Å²) in [5, 5.41) is 6.36. The first kappa shape index (κ1) is 23.1. The van der Waals surface area contributed by atoms with E-state index in [-0.39, 0.29) is 24.0 Å². The fourth-order valence-corrected chi connectivity index (χ4v) is 2.96. The van der Waals surface area contributed by atoms with Crippen LogP contribution in [0.4, 0.5) is 18.9 Å². The molecular weight excluding hydrogens is 492 g/mol. The van der Waals surface area contributed by atoms with Gasteiger partial charge in [0.2, 0.25) is 0 Å². The summed E-state index contributed by atoms with van der Waals surface area (Å²) in [5.74, 6) is 0.591. The van der Waals surface area contributed by atoms with Crippen molar-refractivity contribution in [3.8, 4) is 0 Å². The molecule has 0 amide bonds. The Morgan fingerprint density at radius 2 is 1.59 bits per heavy atom. The molecule has 0 radical (unpaired) electrons. The molecule has 1 aliphatic rings. The molecule has 156 valence electrons. The lowest BCUT2D eigenvalue weighted by Gasteiger charge is -2.19. The van der Waals surface area contributed by atoms with E-state index >= 15 is 0 Å². The van der Waals surface area contributed by atoms with Gasteiger partial charge in [-0.3, -0.25) is 4.99 Å². The third-order valence-electron chi connectivity index (χ3n) is 4.52. The minimum Gasteiger partial charge on any atom is -0.364 e. The summed E-state index contributed by atoms with van der Waals surface area (Å²) in [6.45, 7) is 2.83. The Morgan fingerprint density at radius 1 is 0.966 bits per heavy atom. The van der Waals surface area contributed by atoms with Crippen molar-refractivity contribution in [2.45, 2.75) is 19.3 Å². The number of nitrogens with zero attached hydrogens (tertiary/aromatic N) is 2. The highest BCUT2D eigenvalue weighted by atomic mass is 127. The third kappa shape index (κ3) is 6.66. The Balaban J connectivity index is 0.00000300. The van der Waals surface area contributed by atoms with Crippen molar-refractivity contribution in [2.24, 2.45) is 4.99 Å². The van der Waals surface area contributed by atoms with Crippen LogP contribution >= 0.6 is 24.0 Å². The zero-order valence-electron chi connectivity index (χ0n) is 16.0. The van der Waals surface area contributed by atoms with E-state index in [4.69, 9.17) is 0 Å². The number of aliphatic imine (C=N–C) groups is 1. The predicted molar refractivity (Wildman–Crippen MR) is 122 cm³/mol. The van der Waals surface area contributed by atoms with Crippen LogP contribution in [-0.4, -0.2) is 26.1 Å². The number of alkyl halides is 3. The van der Waals surface area contributed by atoms with Crippen LogP contribution in [0.1, 0.15) is 16.7 Å². The minimum atomic E-state index is -4.32. The summed E-state index contributed by atoms with van der Waals surface area (Å²) in [6.07, 6.45) is -0.0148. The second-order valence-electron chi connectivity index (χ2n) is 6.52. The maximum atomic E-state index is 12.6. The quantitative estimate of drug-likeness (QED) is 0.265. The highest BCUT2D eigenvalue weighted by Gasteiger charge is 2.29. The van der Waals surface area contributed by atoms with E-state index < -0.39 is 11.7 Å². The Hall–Kier alpha value is -2.23. The topological polar surface area (TPSA) is 39.7 Å². The van der Waals surface area contributed by atoms with Gasteiger partial charge in [-0.2, -0.15) is 13.2 Å². The molecule has 0 aliphatic carbocycles. The molecule has 0 aromatic heterocycles. The molecule has 0 unspecified atom stereocenters. The zero-order valence-corrected chi connectivity index (χ0v) is 18.4. The van der Waals surface area contributed by atoms with E-state index in [0.717, 1.165) is 36.3 Å². The van der Waals surface area contributed by atoms with Gasteiger partial charge in [-0.25, -0.2) is 0 Å². The van der Waals surface area contributed by atoms with E-state index in [2.05, 4.69) is 44.8 Å². The molecule has 0 saturated heterocycles. The average molecular weight is 516 g/mol. The van der Waals surface area contributed by atoms with E-state index in [0.29, 0.717) is 19.0 Å². The summed E-state index contributed by atoms with van der Waals surface area (Å²) in [4.78, 5) is 6.45. The number of nitrogens with one attached hydrogen (secondary N) is 2. The molecule has 4 nitrogen and oxygen atoms in total. The maximum Gasteiger partial charge on any atom is 0.416 e. The Bertz CT molecular complexity index is 840. The van der Waals surface area contributed by atoms with Crippen LogP contribution in [0.3, 0.4) is 0 Å². The second-order valence-corrected chi connectivity index (χ2v) is 6.52. The van der Waals surface area contributed by atoms with Gasteiger partial charge >= 0.3 is 6.18 Å². The molecule has 2 N–H and O–H groups in total. The van der Waals surface area contributed by atoms with E-state index in [1.807, 2.05) is 12.1 Å². The highest BCUT2D eigenvalue weighted by Crippen LogP contribution is 2.29. The molecule has 2 aromatic carbocycles. The molecular formula is C21H24F3IN4. The van der Waals surface area contributed by atoms with Crippen molar-refractivity contribution < 1.29 is 13.2 Å².